The van der Waals surface area contributed by atoms with Gasteiger partial charge >= 0.3 is 0 Å². The molecular weight excluding hydrogens is 276 g/mol. The highest BCUT2D eigenvalue weighted by Gasteiger charge is 2.18. The van der Waals surface area contributed by atoms with E-state index in [9.17, 15) is 5.11 Å². The van der Waals surface area contributed by atoms with Crippen molar-refractivity contribution in [1.82, 2.24) is 9.78 Å². The van der Waals surface area contributed by atoms with Gasteiger partial charge in [0, 0.05) is 17.2 Å². The van der Waals surface area contributed by atoms with Crippen molar-refractivity contribution in [2.45, 2.75) is 19.6 Å². The van der Waals surface area contributed by atoms with Crippen LogP contribution in [0.2, 0.25) is 0 Å². The topological polar surface area (TPSA) is 38.0 Å². The zero-order chi connectivity index (χ0) is 10.8. The predicted octanol–water partition coefficient (Wildman–Crippen LogP) is 2.81. The molecule has 0 saturated carbocycles. The standard InChI is InChI=1S/C10H11BrN2OS/c1-2-13-8(3-5-12-13)9(14)10-7(11)4-6-15-10/h3-6,9,14H,2H2,1H3. The highest BCUT2D eigenvalue weighted by molar-refractivity contribution is 9.10. The molecule has 0 aliphatic heterocycles. The number of aryl methyl sites for hydroxylation is 1. The molecule has 0 radical (unpaired) electrons. The van der Waals surface area contributed by atoms with Crippen LogP contribution in [0.1, 0.15) is 23.6 Å². The van der Waals surface area contributed by atoms with Crippen molar-refractivity contribution in [3.63, 3.8) is 0 Å². The van der Waals surface area contributed by atoms with Crippen LogP contribution in [0.5, 0.6) is 0 Å². The first-order valence-corrected chi connectivity index (χ1v) is 6.34. The van der Waals surface area contributed by atoms with Crippen LogP contribution in [-0.2, 0) is 6.54 Å². The molecule has 0 amide bonds. The van der Waals surface area contributed by atoms with Gasteiger partial charge < -0.3 is 5.11 Å². The van der Waals surface area contributed by atoms with Gasteiger partial charge in [-0.25, -0.2) is 0 Å². The average molecular weight is 287 g/mol. The van der Waals surface area contributed by atoms with E-state index >= 15 is 0 Å². The number of thiophene rings is 1. The Morgan fingerprint density at radius 2 is 2.40 bits per heavy atom. The summed E-state index contributed by atoms with van der Waals surface area (Å²) in [7, 11) is 0. The Labute approximate surface area is 100 Å². The summed E-state index contributed by atoms with van der Waals surface area (Å²) in [5.74, 6) is 0. The minimum atomic E-state index is -0.596. The molecule has 2 heterocycles. The second kappa shape index (κ2) is 4.47. The van der Waals surface area contributed by atoms with E-state index in [4.69, 9.17) is 0 Å². The molecule has 1 N–H and O–H groups in total. The van der Waals surface area contributed by atoms with E-state index in [0.29, 0.717) is 0 Å². The van der Waals surface area contributed by atoms with Gasteiger partial charge in [0.1, 0.15) is 6.10 Å². The summed E-state index contributed by atoms with van der Waals surface area (Å²) in [4.78, 5) is 0.921. The molecule has 0 saturated heterocycles. The van der Waals surface area contributed by atoms with Crippen molar-refractivity contribution in [2.75, 3.05) is 0 Å². The number of halogens is 1. The highest BCUT2D eigenvalue weighted by atomic mass is 79.9. The Bertz CT molecular complexity index is 452. The predicted molar refractivity (Wildman–Crippen MR) is 64.0 cm³/mol. The van der Waals surface area contributed by atoms with E-state index in [1.54, 1.807) is 10.9 Å². The Hall–Kier alpha value is -0.650. The maximum absolute atomic E-state index is 10.2. The zero-order valence-electron chi connectivity index (χ0n) is 8.22. The van der Waals surface area contributed by atoms with Gasteiger partial charge in [0.05, 0.1) is 10.6 Å². The van der Waals surface area contributed by atoms with Gasteiger partial charge in [-0.05, 0) is 40.4 Å². The van der Waals surface area contributed by atoms with Crippen LogP contribution in [0.4, 0.5) is 0 Å². The summed E-state index contributed by atoms with van der Waals surface area (Å²) in [5, 5.41) is 16.3. The lowest BCUT2D eigenvalue weighted by Gasteiger charge is -2.11. The summed E-state index contributed by atoms with van der Waals surface area (Å²) in [6.07, 6.45) is 1.12. The average Bonchev–Trinajstić information content (AvgIpc) is 2.84. The van der Waals surface area contributed by atoms with Crippen LogP contribution >= 0.6 is 27.3 Å². The summed E-state index contributed by atoms with van der Waals surface area (Å²) >= 11 is 4.96. The van der Waals surface area contributed by atoms with Crippen LogP contribution in [0, 0.1) is 0 Å². The molecule has 0 aliphatic carbocycles. The zero-order valence-corrected chi connectivity index (χ0v) is 10.6. The second-order valence-corrected chi connectivity index (χ2v) is 4.91. The van der Waals surface area contributed by atoms with E-state index in [1.807, 2.05) is 24.4 Å². The van der Waals surface area contributed by atoms with Crippen molar-refractivity contribution in [1.29, 1.82) is 0 Å². The van der Waals surface area contributed by atoms with Crippen LogP contribution in [0.15, 0.2) is 28.2 Å². The number of rotatable bonds is 3. The molecule has 0 fully saturated rings. The Kier molecular flexibility index (Phi) is 3.23. The summed E-state index contributed by atoms with van der Waals surface area (Å²) in [6.45, 7) is 2.77. The lowest BCUT2D eigenvalue weighted by atomic mass is 10.2. The second-order valence-electron chi connectivity index (χ2n) is 3.11. The van der Waals surface area contributed by atoms with Gasteiger partial charge in [-0.2, -0.15) is 5.10 Å². The molecule has 2 aromatic heterocycles. The molecule has 1 unspecified atom stereocenters. The van der Waals surface area contributed by atoms with E-state index in [2.05, 4.69) is 21.0 Å². The van der Waals surface area contributed by atoms with Crippen molar-refractivity contribution in [3.8, 4) is 0 Å². The van der Waals surface area contributed by atoms with E-state index < -0.39 is 6.10 Å². The molecule has 2 rings (SSSR count). The third-order valence-electron chi connectivity index (χ3n) is 2.22. The molecule has 0 aromatic carbocycles. The fourth-order valence-corrected chi connectivity index (χ4v) is 3.06. The number of aliphatic hydroxyl groups excluding tert-OH is 1. The SMILES string of the molecule is CCn1nccc1C(O)c1sccc1Br. The first kappa shape index (κ1) is 10.9. The van der Waals surface area contributed by atoms with Gasteiger partial charge in [0.15, 0.2) is 0 Å². The van der Waals surface area contributed by atoms with Crippen LogP contribution in [0.3, 0.4) is 0 Å². The number of aromatic nitrogens is 2. The van der Waals surface area contributed by atoms with Gasteiger partial charge in [0.2, 0.25) is 0 Å². The highest BCUT2D eigenvalue weighted by Crippen LogP contribution is 2.32. The maximum atomic E-state index is 10.2. The molecule has 0 spiro atoms. The monoisotopic (exact) mass is 286 g/mol. The van der Waals surface area contributed by atoms with Gasteiger partial charge in [0.25, 0.3) is 0 Å². The molecule has 0 bridgehead atoms. The fraction of sp³-hybridized carbons (Fsp3) is 0.300. The van der Waals surface area contributed by atoms with Gasteiger partial charge in [-0.3, -0.25) is 4.68 Å². The molecule has 5 heteroatoms. The van der Waals surface area contributed by atoms with Crippen molar-refractivity contribution < 1.29 is 5.11 Å². The Balaban J connectivity index is 2.36. The third-order valence-corrected chi connectivity index (χ3v) is 4.15. The van der Waals surface area contributed by atoms with Crippen LogP contribution < -0.4 is 0 Å². The van der Waals surface area contributed by atoms with E-state index in [-0.39, 0.29) is 0 Å². The van der Waals surface area contributed by atoms with Crippen LogP contribution in [0.25, 0.3) is 0 Å². The van der Waals surface area contributed by atoms with Crippen LogP contribution in [-0.4, -0.2) is 14.9 Å². The lowest BCUT2D eigenvalue weighted by Crippen LogP contribution is -2.08. The van der Waals surface area contributed by atoms with Crippen molar-refractivity contribution in [3.05, 3.63) is 38.8 Å². The molecule has 2 aromatic rings. The summed E-state index contributed by atoms with van der Waals surface area (Å²) in [5.41, 5.74) is 0.834. The number of nitrogens with zero attached hydrogens (tertiary/aromatic N) is 2. The summed E-state index contributed by atoms with van der Waals surface area (Å²) in [6, 6.07) is 3.79. The minimum absolute atomic E-state index is 0.596. The first-order chi connectivity index (χ1) is 7.24. The normalized spacial score (nSPS) is 13.0. The number of hydrogen-bond donors (Lipinski definition) is 1. The molecule has 15 heavy (non-hydrogen) atoms. The maximum Gasteiger partial charge on any atom is 0.131 e. The van der Waals surface area contributed by atoms with E-state index in [0.717, 1.165) is 21.6 Å². The summed E-state index contributed by atoms with van der Waals surface area (Å²) < 4.78 is 2.75. The Morgan fingerprint density at radius 1 is 1.60 bits per heavy atom. The molecule has 1 atom stereocenters. The molecule has 3 nitrogen and oxygen atoms in total. The molecular formula is C10H11BrN2OS. The first-order valence-electron chi connectivity index (χ1n) is 4.66. The van der Waals surface area contributed by atoms with Crippen molar-refractivity contribution >= 4 is 27.3 Å². The molecule has 80 valence electrons. The number of hydrogen-bond acceptors (Lipinski definition) is 3. The van der Waals surface area contributed by atoms with Gasteiger partial charge in [-0.15, -0.1) is 11.3 Å². The fourth-order valence-electron chi connectivity index (χ4n) is 1.47. The largest absolute Gasteiger partial charge is 0.381 e. The van der Waals surface area contributed by atoms with E-state index in [1.165, 1.54) is 11.3 Å². The van der Waals surface area contributed by atoms with Gasteiger partial charge in [-0.1, -0.05) is 0 Å². The van der Waals surface area contributed by atoms with Crippen molar-refractivity contribution in [2.24, 2.45) is 0 Å². The Morgan fingerprint density at radius 3 is 3.00 bits per heavy atom. The third kappa shape index (κ3) is 2.00. The molecule has 0 aliphatic rings. The minimum Gasteiger partial charge on any atom is -0.381 e. The number of aliphatic hydroxyl groups is 1. The lowest BCUT2D eigenvalue weighted by molar-refractivity contribution is 0.211. The smallest absolute Gasteiger partial charge is 0.131 e. The quantitative estimate of drug-likeness (QED) is 0.942.